The average molecular weight is 269 g/mol. The van der Waals surface area contributed by atoms with Gasteiger partial charge < -0.3 is 10.4 Å². The van der Waals surface area contributed by atoms with Crippen LogP contribution in [-0.2, 0) is 11.3 Å². The molecule has 0 aliphatic carbocycles. The van der Waals surface area contributed by atoms with Crippen LogP contribution in [0.3, 0.4) is 0 Å². The molecule has 7 nitrogen and oxygen atoms in total. The highest BCUT2D eigenvalue weighted by Gasteiger charge is 2.25. The van der Waals surface area contributed by atoms with Gasteiger partial charge in [0.05, 0.1) is 5.60 Å². The summed E-state index contributed by atoms with van der Waals surface area (Å²) in [6.45, 7) is 9.72. The summed E-state index contributed by atoms with van der Waals surface area (Å²) in [5.41, 5.74) is -0.919. The van der Waals surface area contributed by atoms with Crippen LogP contribution in [0.5, 0.6) is 0 Å². The lowest BCUT2D eigenvalue weighted by atomic mass is 9.92. The van der Waals surface area contributed by atoms with Crippen molar-refractivity contribution in [2.45, 2.75) is 52.7 Å². The Bertz CT molecular complexity index is 426. The third-order valence-electron chi connectivity index (χ3n) is 3.26. The molecule has 0 saturated carbocycles. The molecule has 0 aliphatic rings. The van der Waals surface area contributed by atoms with Gasteiger partial charge in [-0.05, 0) is 23.3 Å². The number of aliphatic hydroxyl groups is 1. The zero-order chi connectivity index (χ0) is 14.6. The number of hydrogen-bond donors (Lipinski definition) is 2. The first kappa shape index (κ1) is 15.6. The van der Waals surface area contributed by atoms with E-state index in [0.29, 0.717) is 5.82 Å². The number of aromatic nitrogens is 4. The number of nitrogens with zero attached hydrogens (tertiary/aromatic N) is 4. The molecule has 1 rings (SSSR count). The Morgan fingerprint density at radius 2 is 2.05 bits per heavy atom. The SMILES string of the molecule is CC(C)c1nnnn1CC(=O)NCC(C)(O)C(C)C. The van der Waals surface area contributed by atoms with Gasteiger partial charge in [0.2, 0.25) is 5.91 Å². The van der Waals surface area contributed by atoms with Crippen molar-refractivity contribution in [3.05, 3.63) is 5.82 Å². The molecule has 1 aromatic rings. The average Bonchev–Trinajstić information content (AvgIpc) is 2.74. The van der Waals surface area contributed by atoms with E-state index in [-0.39, 0.29) is 30.8 Å². The molecule has 0 bridgehead atoms. The van der Waals surface area contributed by atoms with E-state index in [4.69, 9.17) is 0 Å². The van der Waals surface area contributed by atoms with Gasteiger partial charge >= 0.3 is 0 Å². The summed E-state index contributed by atoms with van der Waals surface area (Å²) in [4.78, 5) is 11.8. The molecule has 0 aromatic carbocycles. The summed E-state index contributed by atoms with van der Waals surface area (Å²) in [6, 6.07) is 0. The number of hydrogen-bond acceptors (Lipinski definition) is 5. The third kappa shape index (κ3) is 4.27. The number of carbonyl (C=O) groups excluding carboxylic acids is 1. The highest BCUT2D eigenvalue weighted by Crippen LogP contribution is 2.14. The molecule has 0 fully saturated rings. The summed E-state index contributed by atoms with van der Waals surface area (Å²) in [6.07, 6.45) is 0. The molecule has 108 valence electrons. The van der Waals surface area contributed by atoms with Crippen molar-refractivity contribution in [1.29, 1.82) is 0 Å². The number of nitrogens with one attached hydrogen (secondary N) is 1. The lowest BCUT2D eigenvalue weighted by Crippen LogP contribution is -2.45. The van der Waals surface area contributed by atoms with Gasteiger partial charge in [0.1, 0.15) is 6.54 Å². The Morgan fingerprint density at radius 1 is 1.42 bits per heavy atom. The molecule has 0 spiro atoms. The van der Waals surface area contributed by atoms with E-state index >= 15 is 0 Å². The predicted molar refractivity (Wildman–Crippen MR) is 70.4 cm³/mol. The Balaban J connectivity index is 2.54. The minimum Gasteiger partial charge on any atom is -0.388 e. The highest BCUT2D eigenvalue weighted by atomic mass is 16.3. The van der Waals surface area contributed by atoms with Crippen LogP contribution in [0.1, 0.15) is 46.4 Å². The molecular weight excluding hydrogens is 246 g/mol. The Kier molecular flexibility index (Phi) is 4.99. The zero-order valence-corrected chi connectivity index (χ0v) is 12.2. The minimum atomic E-state index is -0.919. The van der Waals surface area contributed by atoms with Gasteiger partial charge in [0.25, 0.3) is 0 Å². The molecule has 0 saturated heterocycles. The van der Waals surface area contributed by atoms with E-state index < -0.39 is 5.60 Å². The quantitative estimate of drug-likeness (QED) is 0.776. The first-order valence-electron chi connectivity index (χ1n) is 6.49. The molecule has 7 heteroatoms. The van der Waals surface area contributed by atoms with Crippen LogP contribution in [-0.4, -0.2) is 43.4 Å². The maximum Gasteiger partial charge on any atom is 0.241 e. The fourth-order valence-corrected chi connectivity index (χ4v) is 1.41. The van der Waals surface area contributed by atoms with E-state index in [2.05, 4.69) is 20.8 Å². The molecule has 1 unspecified atom stereocenters. The molecular formula is C12H23N5O2. The van der Waals surface area contributed by atoms with Gasteiger partial charge in [-0.2, -0.15) is 0 Å². The van der Waals surface area contributed by atoms with E-state index in [1.165, 1.54) is 4.68 Å². The number of amides is 1. The summed E-state index contributed by atoms with van der Waals surface area (Å²) in [5.74, 6) is 0.675. The fraction of sp³-hybridized carbons (Fsp3) is 0.833. The minimum absolute atomic E-state index is 0.0621. The molecule has 0 aliphatic heterocycles. The number of rotatable bonds is 6. The van der Waals surface area contributed by atoms with E-state index in [0.717, 1.165) is 0 Å². The molecule has 1 heterocycles. The van der Waals surface area contributed by atoms with Gasteiger partial charge in [-0.15, -0.1) is 5.10 Å². The lowest BCUT2D eigenvalue weighted by molar-refractivity contribution is -0.123. The van der Waals surface area contributed by atoms with Crippen molar-refractivity contribution in [3.63, 3.8) is 0 Å². The van der Waals surface area contributed by atoms with Crippen molar-refractivity contribution < 1.29 is 9.90 Å². The van der Waals surface area contributed by atoms with Crippen LogP contribution in [0.25, 0.3) is 0 Å². The van der Waals surface area contributed by atoms with Crippen molar-refractivity contribution in [3.8, 4) is 0 Å². The Labute approximate surface area is 113 Å². The summed E-state index contributed by atoms with van der Waals surface area (Å²) >= 11 is 0. The fourth-order valence-electron chi connectivity index (χ4n) is 1.41. The topological polar surface area (TPSA) is 92.9 Å². The molecule has 0 radical (unpaired) electrons. The summed E-state index contributed by atoms with van der Waals surface area (Å²) in [7, 11) is 0. The maximum atomic E-state index is 11.8. The van der Waals surface area contributed by atoms with Gasteiger partial charge in [-0.3, -0.25) is 4.79 Å². The zero-order valence-electron chi connectivity index (χ0n) is 12.2. The molecule has 2 N–H and O–H groups in total. The third-order valence-corrected chi connectivity index (χ3v) is 3.26. The summed E-state index contributed by atoms with van der Waals surface area (Å²) in [5, 5.41) is 24.0. The van der Waals surface area contributed by atoms with Crippen molar-refractivity contribution in [2.75, 3.05) is 6.54 Å². The first-order chi connectivity index (χ1) is 8.74. The molecule has 1 atom stereocenters. The first-order valence-corrected chi connectivity index (χ1v) is 6.49. The molecule has 19 heavy (non-hydrogen) atoms. The van der Waals surface area contributed by atoms with E-state index in [1.807, 2.05) is 27.7 Å². The van der Waals surface area contributed by atoms with Crippen LogP contribution in [0.15, 0.2) is 0 Å². The molecule has 1 amide bonds. The highest BCUT2D eigenvalue weighted by molar-refractivity contribution is 5.75. The Morgan fingerprint density at radius 3 is 2.58 bits per heavy atom. The number of tetrazole rings is 1. The lowest BCUT2D eigenvalue weighted by Gasteiger charge is -2.27. The van der Waals surface area contributed by atoms with Crippen LogP contribution in [0, 0.1) is 5.92 Å². The van der Waals surface area contributed by atoms with Gasteiger partial charge in [-0.1, -0.05) is 27.7 Å². The van der Waals surface area contributed by atoms with Crippen molar-refractivity contribution in [1.82, 2.24) is 25.5 Å². The second kappa shape index (κ2) is 6.10. The Hall–Kier alpha value is -1.50. The normalized spacial score (nSPS) is 14.7. The largest absolute Gasteiger partial charge is 0.388 e. The second-order valence-corrected chi connectivity index (χ2v) is 5.64. The van der Waals surface area contributed by atoms with Gasteiger partial charge in [0, 0.05) is 12.5 Å². The summed E-state index contributed by atoms with van der Waals surface area (Å²) < 4.78 is 1.48. The van der Waals surface area contributed by atoms with Crippen molar-refractivity contribution in [2.24, 2.45) is 5.92 Å². The van der Waals surface area contributed by atoms with Gasteiger partial charge in [0.15, 0.2) is 5.82 Å². The van der Waals surface area contributed by atoms with Crippen LogP contribution in [0.2, 0.25) is 0 Å². The van der Waals surface area contributed by atoms with Crippen molar-refractivity contribution >= 4 is 5.91 Å². The van der Waals surface area contributed by atoms with Gasteiger partial charge in [-0.25, -0.2) is 4.68 Å². The monoisotopic (exact) mass is 269 g/mol. The second-order valence-electron chi connectivity index (χ2n) is 5.64. The maximum absolute atomic E-state index is 11.8. The molecule has 1 aromatic heterocycles. The van der Waals surface area contributed by atoms with Crippen LogP contribution < -0.4 is 5.32 Å². The predicted octanol–water partition coefficient (Wildman–Crippen LogP) is 0.320. The van der Waals surface area contributed by atoms with E-state index in [1.54, 1.807) is 6.92 Å². The van der Waals surface area contributed by atoms with Crippen LogP contribution >= 0.6 is 0 Å². The van der Waals surface area contributed by atoms with Crippen LogP contribution in [0.4, 0.5) is 0 Å². The number of carbonyl (C=O) groups is 1. The smallest absolute Gasteiger partial charge is 0.241 e. The van der Waals surface area contributed by atoms with E-state index in [9.17, 15) is 9.90 Å². The standard InChI is InChI=1S/C12H23N5O2/c1-8(2)11-14-15-16-17(11)6-10(18)13-7-12(5,19)9(3)4/h8-9,19H,6-7H2,1-5H3,(H,13,18).